The first kappa shape index (κ1) is 17.8. The first-order valence-electron chi connectivity index (χ1n) is 9.58. The van der Waals surface area contributed by atoms with Crippen LogP contribution in [0.5, 0.6) is 0 Å². The molecular weight excluding hydrogens is 350 g/mol. The monoisotopic (exact) mass is 377 g/mol. The predicted molar refractivity (Wildman–Crippen MR) is 103 cm³/mol. The predicted octanol–water partition coefficient (Wildman–Crippen LogP) is 2.39. The molecule has 1 amide bonds. The van der Waals surface area contributed by atoms with Crippen LogP contribution in [0.2, 0.25) is 0 Å². The number of hydrogen-bond acceptors (Lipinski definition) is 4. The molecule has 1 aromatic rings. The fourth-order valence-electron chi connectivity index (χ4n) is 4.68. The van der Waals surface area contributed by atoms with E-state index in [2.05, 4.69) is 10.6 Å². The van der Waals surface area contributed by atoms with Crippen LogP contribution in [0, 0.1) is 12.8 Å². The summed E-state index contributed by atoms with van der Waals surface area (Å²) in [4.78, 5) is 12.5. The lowest BCUT2D eigenvalue weighted by Gasteiger charge is -2.28. The average molecular weight is 378 g/mol. The lowest BCUT2D eigenvalue weighted by molar-refractivity contribution is -0.117. The fraction of sp³-hybridized carbons (Fsp3) is 0.632. The van der Waals surface area contributed by atoms with Crippen molar-refractivity contribution in [3.63, 3.8) is 0 Å². The second-order valence-electron chi connectivity index (χ2n) is 7.97. The van der Waals surface area contributed by atoms with Crippen LogP contribution >= 0.6 is 0 Å². The van der Waals surface area contributed by atoms with E-state index < -0.39 is 10.0 Å². The van der Waals surface area contributed by atoms with Crippen molar-refractivity contribution in [2.24, 2.45) is 5.92 Å². The summed E-state index contributed by atoms with van der Waals surface area (Å²) in [5.74, 6) is 0.661. The zero-order valence-electron chi connectivity index (χ0n) is 15.2. The summed E-state index contributed by atoms with van der Waals surface area (Å²) in [6, 6.07) is 6.69. The van der Waals surface area contributed by atoms with Crippen LogP contribution in [0.25, 0.3) is 0 Å². The van der Waals surface area contributed by atoms with Gasteiger partial charge in [0.05, 0.1) is 11.4 Å². The molecule has 4 rings (SSSR count). The number of carbonyl (C=O) groups is 1. The van der Waals surface area contributed by atoms with Gasteiger partial charge in [0.1, 0.15) is 0 Å². The quantitative estimate of drug-likeness (QED) is 0.845. The number of nitrogens with one attached hydrogen (secondary N) is 2. The summed E-state index contributed by atoms with van der Waals surface area (Å²) in [7, 11) is -3.22. The van der Waals surface area contributed by atoms with Crippen molar-refractivity contribution >= 4 is 27.3 Å². The molecule has 3 aliphatic rings. The van der Waals surface area contributed by atoms with Gasteiger partial charge in [-0.2, -0.15) is 0 Å². The third-order valence-corrected chi connectivity index (χ3v) is 7.76. The molecule has 2 N–H and O–H groups in total. The third kappa shape index (κ3) is 3.60. The molecule has 2 unspecified atom stereocenters. The highest BCUT2D eigenvalue weighted by molar-refractivity contribution is 7.93. The highest BCUT2D eigenvalue weighted by atomic mass is 32.2. The number of carbonyl (C=O) groups excluding carboxylic acids is 1. The van der Waals surface area contributed by atoms with Crippen LogP contribution < -0.4 is 14.9 Å². The minimum Gasteiger partial charge on any atom is -0.326 e. The van der Waals surface area contributed by atoms with Crippen molar-refractivity contribution in [1.29, 1.82) is 0 Å². The third-order valence-electron chi connectivity index (χ3n) is 5.91. The number of sulfonamides is 1. The molecule has 0 aliphatic carbocycles. The molecule has 0 aromatic heterocycles. The Balaban J connectivity index is 1.43. The maximum absolute atomic E-state index is 12.5. The molecule has 7 heteroatoms. The van der Waals surface area contributed by atoms with Crippen LogP contribution in [-0.2, 0) is 14.8 Å². The van der Waals surface area contributed by atoms with Gasteiger partial charge in [0.25, 0.3) is 0 Å². The zero-order chi connectivity index (χ0) is 18.3. The van der Waals surface area contributed by atoms with Gasteiger partial charge in [-0.25, -0.2) is 8.42 Å². The number of hydrogen-bond donors (Lipinski definition) is 2. The Kier molecular flexibility index (Phi) is 4.69. The highest BCUT2D eigenvalue weighted by Crippen LogP contribution is 2.33. The van der Waals surface area contributed by atoms with Gasteiger partial charge in [0.15, 0.2) is 0 Å². The molecule has 3 aliphatic heterocycles. The normalized spacial score (nSPS) is 29.7. The first-order chi connectivity index (χ1) is 12.4. The van der Waals surface area contributed by atoms with Crippen LogP contribution in [0.3, 0.4) is 0 Å². The minimum atomic E-state index is -3.22. The van der Waals surface area contributed by atoms with Gasteiger partial charge < -0.3 is 10.6 Å². The summed E-state index contributed by atoms with van der Waals surface area (Å²) in [5, 5.41) is 6.58. The summed E-state index contributed by atoms with van der Waals surface area (Å²) in [6.07, 6.45) is 5.81. The highest BCUT2D eigenvalue weighted by Gasteiger charge is 2.34. The van der Waals surface area contributed by atoms with E-state index in [1.54, 1.807) is 6.07 Å². The number of rotatable bonds is 4. The van der Waals surface area contributed by atoms with Gasteiger partial charge in [-0.1, -0.05) is 6.07 Å². The van der Waals surface area contributed by atoms with E-state index in [0.29, 0.717) is 48.8 Å². The second kappa shape index (κ2) is 6.85. The molecule has 6 nitrogen and oxygen atoms in total. The molecular formula is C19H27N3O3S. The van der Waals surface area contributed by atoms with Crippen molar-refractivity contribution in [1.82, 2.24) is 5.32 Å². The summed E-state index contributed by atoms with van der Waals surface area (Å²) in [6.45, 7) is 2.41. The molecule has 3 heterocycles. The van der Waals surface area contributed by atoms with Gasteiger partial charge in [0.2, 0.25) is 15.9 Å². The largest absolute Gasteiger partial charge is 0.326 e. The van der Waals surface area contributed by atoms with Crippen LogP contribution in [0.4, 0.5) is 11.4 Å². The molecule has 0 spiro atoms. The van der Waals surface area contributed by atoms with Crippen LogP contribution in [0.15, 0.2) is 18.2 Å². The number of amides is 1. The molecule has 3 fully saturated rings. The Morgan fingerprint density at radius 2 is 2.00 bits per heavy atom. The molecule has 1 aromatic carbocycles. The Labute approximate surface area is 155 Å². The molecule has 2 bridgehead atoms. The zero-order valence-corrected chi connectivity index (χ0v) is 16.0. The Hall–Kier alpha value is -1.60. The van der Waals surface area contributed by atoms with Gasteiger partial charge in [-0.3, -0.25) is 9.10 Å². The average Bonchev–Trinajstić information content (AvgIpc) is 3.10. The molecule has 2 atom stereocenters. The molecule has 3 saturated heterocycles. The lowest BCUT2D eigenvalue weighted by atomic mass is 9.89. The second-order valence-corrected chi connectivity index (χ2v) is 9.98. The SMILES string of the molecule is Cc1ccc(NC(=O)CC2CC3CCC(C2)N3)cc1N1CCCS1(=O)=O. The standard InChI is InChI=1S/C19H27N3O3S/c1-13-3-4-17(12-18(13)22-7-2-8-26(22,24)25)21-19(23)11-14-9-15-5-6-16(10-14)20-15/h3-4,12,14-16,20H,2,5-11H2,1H3,(H,21,23). The topological polar surface area (TPSA) is 78.5 Å². The van der Waals surface area contributed by atoms with E-state index in [0.717, 1.165) is 18.4 Å². The summed E-state index contributed by atoms with van der Waals surface area (Å²) < 4.78 is 25.9. The van der Waals surface area contributed by atoms with E-state index in [1.807, 2.05) is 19.1 Å². The van der Waals surface area contributed by atoms with E-state index in [1.165, 1.54) is 17.1 Å². The van der Waals surface area contributed by atoms with Crippen molar-refractivity contribution < 1.29 is 13.2 Å². The van der Waals surface area contributed by atoms with Gasteiger partial charge in [-0.05, 0) is 62.6 Å². The number of aryl methyl sites for hydroxylation is 1. The summed E-state index contributed by atoms with van der Waals surface area (Å²) in [5.41, 5.74) is 2.26. The Morgan fingerprint density at radius 1 is 1.27 bits per heavy atom. The lowest BCUT2D eigenvalue weighted by Crippen LogP contribution is -2.39. The number of anilines is 2. The minimum absolute atomic E-state index is 0.0235. The maximum Gasteiger partial charge on any atom is 0.235 e. The van der Waals surface area contributed by atoms with E-state index >= 15 is 0 Å². The Morgan fingerprint density at radius 3 is 2.65 bits per heavy atom. The Bertz CT molecular complexity index is 796. The van der Waals surface area contributed by atoms with E-state index in [-0.39, 0.29) is 11.7 Å². The van der Waals surface area contributed by atoms with E-state index in [4.69, 9.17) is 0 Å². The van der Waals surface area contributed by atoms with Crippen LogP contribution in [-0.4, -0.2) is 38.7 Å². The number of nitrogens with zero attached hydrogens (tertiary/aromatic N) is 1. The van der Waals surface area contributed by atoms with Crippen molar-refractivity contribution in [2.45, 2.75) is 57.5 Å². The molecule has 0 radical (unpaired) electrons. The fourth-order valence-corrected chi connectivity index (χ4v) is 6.30. The van der Waals surface area contributed by atoms with Gasteiger partial charge in [-0.15, -0.1) is 0 Å². The van der Waals surface area contributed by atoms with Crippen molar-refractivity contribution in [3.8, 4) is 0 Å². The van der Waals surface area contributed by atoms with E-state index in [9.17, 15) is 13.2 Å². The number of piperidine rings is 1. The van der Waals surface area contributed by atoms with Crippen molar-refractivity contribution in [3.05, 3.63) is 23.8 Å². The maximum atomic E-state index is 12.5. The molecule has 0 saturated carbocycles. The number of fused-ring (bicyclic) bond motifs is 2. The molecule has 142 valence electrons. The van der Waals surface area contributed by atoms with Crippen LogP contribution in [0.1, 0.15) is 44.1 Å². The van der Waals surface area contributed by atoms with Gasteiger partial charge in [0, 0.05) is 30.7 Å². The molecule has 26 heavy (non-hydrogen) atoms. The van der Waals surface area contributed by atoms with Crippen molar-refractivity contribution in [2.75, 3.05) is 21.9 Å². The smallest absolute Gasteiger partial charge is 0.235 e. The van der Waals surface area contributed by atoms with Gasteiger partial charge >= 0.3 is 0 Å². The summed E-state index contributed by atoms with van der Waals surface area (Å²) >= 11 is 0. The number of benzene rings is 1. The first-order valence-corrected chi connectivity index (χ1v) is 11.2.